The molecule has 0 saturated carbocycles. The first kappa shape index (κ1) is 77.7. The number of tetrazole rings is 1. The average molecular weight is 1320 g/mol. The van der Waals surface area contributed by atoms with Gasteiger partial charge in [-0.15, -0.1) is 5.10 Å². The third-order valence-corrected chi connectivity index (χ3v) is 16.4. The Kier molecular flexibility index (Phi) is 38.1. The number of ether oxygens (including phenoxy) is 2. The predicted molar refractivity (Wildman–Crippen MR) is 336 cm³/mol. The molecule has 2 aromatic heterocycles. The summed E-state index contributed by atoms with van der Waals surface area (Å²) in [6.45, 7) is 0.747. The number of primary amides is 1. The van der Waals surface area contributed by atoms with E-state index in [9.17, 15) is 68.1 Å². The third kappa shape index (κ3) is 33.1. The highest BCUT2D eigenvalue weighted by molar-refractivity contribution is 5.97. The molecule has 0 aliphatic carbocycles. The van der Waals surface area contributed by atoms with Crippen LogP contribution >= 0.6 is 0 Å². The topological polar surface area (TPSA) is 458 Å². The molecule has 2 fully saturated rings. The Bertz CT molecular complexity index is 2570. The van der Waals surface area contributed by atoms with E-state index < -0.39 is 116 Å². The monoisotopic (exact) mass is 1310 g/mol. The van der Waals surface area contributed by atoms with Gasteiger partial charge in [0, 0.05) is 51.5 Å². The summed E-state index contributed by atoms with van der Waals surface area (Å²) in [4.78, 5) is 154. The van der Waals surface area contributed by atoms with Crippen molar-refractivity contribution in [3.8, 4) is 0 Å². The Morgan fingerprint density at radius 2 is 1.20 bits per heavy atom. The van der Waals surface area contributed by atoms with Gasteiger partial charge < -0.3 is 72.3 Å². The average Bonchev–Trinajstić information content (AvgIpc) is 1.76. The van der Waals surface area contributed by atoms with Crippen molar-refractivity contribution in [2.75, 3.05) is 79.3 Å². The molecule has 0 aromatic carbocycles. The van der Waals surface area contributed by atoms with Gasteiger partial charge in [-0.1, -0.05) is 70.6 Å². The van der Waals surface area contributed by atoms with Crippen LogP contribution in [0.3, 0.4) is 0 Å². The van der Waals surface area contributed by atoms with Gasteiger partial charge >= 0.3 is 17.9 Å². The van der Waals surface area contributed by atoms with Gasteiger partial charge in [0.15, 0.2) is 0 Å². The zero-order valence-corrected chi connectivity index (χ0v) is 54.1. The lowest BCUT2D eigenvalue weighted by molar-refractivity contribution is -0.142. The molecule has 2 aliphatic rings. The number of carboxylic acids is 3. The second-order valence-electron chi connectivity index (χ2n) is 24.0. The fourth-order valence-electron chi connectivity index (χ4n) is 11.3. The number of nitrogens with one attached hydrogen (secondary N) is 8. The van der Waals surface area contributed by atoms with E-state index in [-0.39, 0.29) is 89.9 Å². The molecule has 2 aliphatic heterocycles. The molecule has 6 atom stereocenters. The highest BCUT2D eigenvalue weighted by Gasteiger charge is 2.41. The molecule has 8 amide bonds. The number of hydrogen-bond donors (Lipinski definition) is 12. The van der Waals surface area contributed by atoms with Crippen molar-refractivity contribution >= 4 is 65.2 Å². The second-order valence-corrected chi connectivity index (χ2v) is 24.0. The van der Waals surface area contributed by atoms with Crippen molar-refractivity contribution in [1.29, 1.82) is 0 Å². The number of likely N-dealkylation sites (tertiary alicyclic amines) is 2. The van der Waals surface area contributed by atoms with Crippen LogP contribution in [0.4, 0.5) is 0 Å². The van der Waals surface area contributed by atoms with Crippen molar-refractivity contribution in [2.45, 2.75) is 216 Å². The molecule has 0 bridgehead atoms. The number of rotatable bonds is 53. The lowest BCUT2D eigenvalue weighted by Gasteiger charge is -2.30. The first-order chi connectivity index (χ1) is 44.8. The maximum absolute atomic E-state index is 14.3. The molecule has 4 heterocycles. The van der Waals surface area contributed by atoms with Gasteiger partial charge in [0.25, 0.3) is 0 Å². The summed E-state index contributed by atoms with van der Waals surface area (Å²) in [6, 6.07) is -7.04. The molecule has 2 aromatic rings. The van der Waals surface area contributed by atoms with Gasteiger partial charge in [-0.05, 0) is 114 Å². The number of nitrogens with zero attached hydrogens (tertiary/aromatic N) is 7. The zero-order valence-electron chi connectivity index (χ0n) is 54.1. The number of aliphatic carboxylic acids is 3. The lowest BCUT2D eigenvalue weighted by atomic mass is 10.0. The lowest BCUT2D eigenvalue weighted by Crippen LogP contribution is -2.59. The molecular formula is C61H102N16O16. The summed E-state index contributed by atoms with van der Waals surface area (Å²) < 4.78 is 10.9. The van der Waals surface area contributed by atoms with Crippen LogP contribution in [0, 0.1) is 0 Å². The molecule has 93 heavy (non-hydrogen) atoms. The molecular weight excluding hydrogens is 1210 g/mol. The van der Waals surface area contributed by atoms with Crippen LogP contribution < -0.4 is 37.6 Å². The minimum atomic E-state index is -1.62. The number of nitrogens with two attached hydrogens (primary N) is 1. The van der Waals surface area contributed by atoms with E-state index >= 15 is 0 Å². The number of likely N-dealkylation sites (N-methyl/N-ethyl adjacent to an activating group) is 1. The Labute approximate surface area is 543 Å². The van der Waals surface area contributed by atoms with Crippen molar-refractivity contribution in [3.05, 3.63) is 24.0 Å². The number of carbonyl (C=O) groups is 11. The highest BCUT2D eigenvalue weighted by Crippen LogP contribution is 2.24. The Morgan fingerprint density at radius 1 is 0.624 bits per heavy atom. The number of imidazole rings is 1. The first-order valence-electron chi connectivity index (χ1n) is 33.1. The summed E-state index contributed by atoms with van der Waals surface area (Å²) in [6.07, 6.45) is 21.2. The van der Waals surface area contributed by atoms with E-state index in [1.165, 1.54) is 75.2 Å². The smallest absolute Gasteiger partial charge is 0.317 e. The van der Waals surface area contributed by atoms with Gasteiger partial charge in [-0.3, -0.25) is 62.5 Å². The van der Waals surface area contributed by atoms with Crippen LogP contribution in [0.5, 0.6) is 0 Å². The molecule has 4 rings (SSSR count). The minimum absolute atomic E-state index is 0.00460. The molecule has 32 heteroatoms. The Hall–Kier alpha value is -7.71. The molecule has 0 radical (unpaired) electrons. The zero-order chi connectivity index (χ0) is 67.6. The maximum Gasteiger partial charge on any atom is 0.317 e. The van der Waals surface area contributed by atoms with E-state index in [0.717, 1.165) is 55.8 Å². The van der Waals surface area contributed by atoms with Crippen LogP contribution in [0.2, 0.25) is 0 Å². The highest BCUT2D eigenvalue weighted by atomic mass is 16.5. The van der Waals surface area contributed by atoms with Crippen LogP contribution in [0.15, 0.2) is 12.5 Å². The van der Waals surface area contributed by atoms with Gasteiger partial charge in [0.05, 0.1) is 51.0 Å². The van der Waals surface area contributed by atoms with Gasteiger partial charge in [0.1, 0.15) is 42.6 Å². The van der Waals surface area contributed by atoms with Gasteiger partial charge in [0.2, 0.25) is 47.3 Å². The van der Waals surface area contributed by atoms with Crippen molar-refractivity contribution in [1.82, 2.24) is 77.2 Å². The number of carboxylic acid groups (broad SMARTS) is 3. The number of amides is 8. The summed E-state index contributed by atoms with van der Waals surface area (Å²) in [5.74, 6) is -8.00. The van der Waals surface area contributed by atoms with E-state index in [1.54, 1.807) is 0 Å². The molecule has 32 nitrogen and oxygen atoms in total. The van der Waals surface area contributed by atoms with Crippen LogP contribution in [0.1, 0.15) is 178 Å². The van der Waals surface area contributed by atoms with E-state index in [1.807, 2.05) is 11.9 Å². The molecule has 0 unspecified atom stereocenters. The fourth-order valence-corrected chi connectivity index (χ4v) is 11.3. The van der Waals surface area contributed by atoms with Gasteiger partial charge in [-0.25, -0.2) is 10.1 Å². The Morgan fingerprint density at radius 3 is 1.81 bits per heavy atom. The summed E-state index contributed by atoms with van der Waals surface area (Å²) in [7, 11) is 1.84. The molecule has 522 valence electrons. The Balaban J connectivity index is 1.19. The van der Waals surface area contributed by atoms with Crippen LogP contribution in [-0.4, -0.2) is 241 Å². The minimum Gasteiger partial charge on any atom is -0.481 e. The van der Waals surface area contributed by atoms with E-state index in [0.29, 0.717) is 50.9 Å². The summed E-state index contributed by atoms with van der Waals surface area (Å²) >= 11 is 0. The number of carbonyl (C=O) groups excluding carboxylic acids is 8. The first-order valence-corrected chi connectivity index (χ1v) is 33.1. The number of unbranched alkanes of at least 4 members (excludes halogenated alkanes) is 14. The number of aromatic amines is 2. The molecule has 0 spiro atoms. The number of aromatic nitrogens is 6. The normalized spacial score (nSPS) is 16.0. The fraction of sp³-hybridized carbons (Fsp3) is 0.754. The largest absolute Gasteiger partial charge is 0.481 e. The molecule has 13 N–H and O–H groups in total. The van der Waals surface area contributed by atoms with E-state index in [2.05, 4.69) is 62.5 Å². The van der Waals surface area contributed by atoms with Crippen molar-refractivity contribution < 1.29 is 77.5 Å². The van der Waals surface area contributed by atoms with Crippen molar-refractivity contribution in [3.63, 3.8) is 0 Å². The van der Waals surface area contributed by atoms with Gasteiger partial charge in [-0.2, -0.15) is 0 Å². The third-order valence-electron chi connectivity index (χ3n) is 16.4. The van der Waals surface area contributed by atoms with Crippen LogP contribution in [-0.2, 0) is 75.1 Å². The second kappa shape index (κ2) is 45.6. The molecule has 2 saturated heterocycles. The number of hydrogen-bond acceptors (Lipinski definition) is 19. The predicted octanol–water partition coefficient (Wildman–Crippen LogP) is 0.621. The van der Waals surface area contributed by atoms with E-state index in [4.69, 9.17) is 15.2 Å². The van der Waals surface area contributed by atoms with Crippen molar-refractivity contribution in [2.24, 2.45) is 5.73 Å². The number of H-pyrrole nitrogens is 2. The SMILES string of the molecule is CN1CCC[C@H]1C(=O)N1CCC[C@H]1C(=O)N[C@@H](Cc1c[nH]cn1)C(=O)N[C@@H](CCC(=O)O)C(=O)N[C@@H](CCCCN(CC(=O)O)CC(=O)O)C(=O)N[C@@H](CCCCNC(=O)COCCOCCNC(=O)CCCCCCCCCCCCCCCc1nnn[nH]1)C(N)=O. The van der Waals surface area contributed by atoms with Crippen LogP contribution in [0.25, 0.3) is 0 Å². The summed E-state index contributed by atoms with van der Waals surface area (Å²) in [5, 5.41) is 58.2. The quantitative estimate of drug-likeness (QED) is 0.0404. The maximum atomic E-state index is 14.3. The summed E-state index contributed by atoms with van der Waals surface area (Å²) in [5.41, 5.74) is 6.07. The number of aryl methyl sites for hydroxylation is 1. The standard InChI is InChI=1S/C61H102N16O16/c1-75-31-19-24-49(75)61(91)77-33-20-23-48(77)60(90)70-47(37-43-38-63-42-66-43)59(89)69-46(27-28-53(80)81)58(88)68-45(22-16-18-32-76(39-54(82)83)40-55(84)85)57(87)67-44(56(62)86)21-15-17-29-64-52(79)41-93-36-35-92-34-30-65-51(78)26-14-12-10-8-6-4-2-3-5-7-9-11-13-25-50-71-73-74-72-50/h38,42,44-49H,2-37,39-41H2,1H3,(H2,62,86)(H,63,66)(H,64,79)(H,65,78)(H,67,87)(H,68,88)(H,69,89)(H,70,90)(H,80,81)(H,82,83)(H,84,85)(H,71,72,73,74)/t44-,45-,46-,47-,48-,49-/m0/s1.